The lowest BCUT2D eigenvalue weighted by atomic mass is 9.77. The molecule has 1 aromatic rings. The zero-order valence-corrected chi connectivity index (χ0v) is 21.2. The molecule has 1 heterocycles. The van der Waals surface area contributed by atoms with Gasteiger partial charge < -0.3 is 4.74 Å². The highest BCUT2D eigenvalue weighted by Gasteiger charge is 2.23. The molecule has 0 bridgehead atoms. The van der Waals surface area contributed by atoms with Gasteiger partial charge in [0.25, 0.3) is 0 Å². The van der Waals surface area contributed by atoms with Crippen molar-refractivity contribution >= 4 is 8.80 Å². The average Bonchev–Trinajstić information content (AvgIpc) is 2.79. The van der Waals surface area contributed by atoms with Crippen LogP contribution in [0.15, 0.2) is 24.3 Å². The average molecular weight is 429 g/mol. The second-order valence-electron chi connectivity index (χ2n) is 10.4. The number of hydrogen-bond acceptors (Lipinski definition) is 1. The van der Waals surface area contributed by atoms with Gasteiger partial charge in [-0.05, 0) is 68.1 Å². The summed E-state index contributed by atoms with van der Waals surface area (Å²) in [6, 6.07) is 13.9. The maximum atomic E-state index is 5.59. The van der Waals surface area contributed by atoms with Crippen molar-refractivity contribution in [3.8, 4) is 5.75 Å². The van der Waals surface area contributed by atoms with Crippen LogP contribution in [0.1, 0.15) is 109 Å². The number of rotatable bonds is 12. The van der Waals surface area contributed by atoms with E-state index in [0.717, 1.165) is 30.1 Å². The van der Waals surface area contributed by atoms with Crippen LogP contribution in [0, 0.1) is 11.8 Å². The van der Waals surface area contributed by atoms with Crippen LogP contribution in [0.4, 0.5) is 0 Å². The predicted molar refractivity (Wildman–Crippen MR) is 135 cm³/mol. The largest absolute Gasteiger partial charge is 0.494 e. The third kappa shape index (κ3) is 8.06. The molecule has 0 amide bonds. The van der Waals surface area contributed by atoms with Gasteiger partial charge in [-0.25, -0.2) is 0 Å². The van der Waals surface area contributed by atoms with Gasteiger partial charge in [-0.1, -0.05) is 95.0 Å². The highest BCUT2D eigenvalue weighted by atomic mass is 28.3. The summed E-state index contributed by atoms with van der Waals surface area (Å²) in [5.41, 5.74) is 1.53. The number of benzene rings is 1. The Kier molecular flexibility index (Phi) is 10.8. The van der Waals surface area contributed by atoms with Crippen LogP contribution in [-0.4, -0.2) is 15.4 Å². The molecule has 2 heteroatoms. The second kappa shape index (κ2) is 13.6. The topological polar surface area (TPSA) is 9.23 Å². The van der Waals surface area contributed by atoms with Gasteiger partial charge in [0.1, 0.15) is 5.75 Å². The molecule has 0 unspecified atom stereocenters. The van der Waals surface area contributed by atoms with Crippen molar-refractivity contribution in [2.75, 3.05) is 6.61 Å². The Morgan fingerprint density at radius 1 is 0.767 bits per heavy atom. The van der Waals surface area contributed by atoms with Crippen LogP contribution in [0.2, 0.25) is 18.1 Å². The van der Waals surface area contributed by atoms with Gasteiger partial charge in [0, 0.05) is 8.80 Å². The lowest BCUT2D eigenvalue weighted by Crippen LogP contribution is -2.21. The third-order valence-electron chi connectivity index (χ3n) is 8.17. The van der Waals surface area contributed by atoms with Crippen molar-refractivity contribution in [2.24, 2.45) is 11.8 Å². The molecule has 0 N–H and O–H groups in total. The summed E-state index contributed by atoms with van der Waals surface area (Å²) < 4.78 is 5.59. The lowest BCUT2D eigenvalue weighted by Gasteiger charge is -2.30. The van der Waals surface area contributed by atoms with Crippen LogP contribution in [0.3, 0.4) is 0 Å². The van der Waals surface area contributed by atoms with Gasteiger partial charge in [0.05, 0.1) is 6.61 Å². The number of unbranched alkanes of at least 4 members (excludes halogenated alkanes) is 3. The Morgan fingerprint density at radius 2 is 1.40 bits per heavy atom. The molecule has 0 atom stereocenters. The SMILES string of the molecule is CCCCC[SiH]1CCC(CCCC[C@H]2CC[C@H](c3ccc(OCC)cc3)CC2)CC1. The first kappa shape index (κ1) is 23.9. The smallest absolute Gasteiger partial charge is 0.119 e. The van der Waals surface area contributed by atoms with Gasteiger partial charge >= 0.3 is 0 Å². The van der Waals surface area contributed by atoms with E-state index in [9.17, 15) is 0 Å². The fraction of sp³-hybridized carbons (Fsp3) is 0.786. The molecule has 1 aliphatic carbocycles. The Balaban J connectivity index is 1.23. The van der Waals surface area contributed by atoms with Crippen molar-refractivity contribution in [3.05, 3.63) is 29.8 Å². The molecular formula is C28H48OSi. The van der Waals surface area contributed by atoms with Gasteiger partial charge in [0.2, 0.25) is 0 Å². The molecule has 1 aliphatic heterocycles. The van der Waals surface area contributed by atoms with E-state index in [-0.39, 0.29) is 8.80 Å². The number of hydrogen-bond donors (Lipinski definition) is 0. The molecule has 1 saturated heterocycles. The minimum absolute atomic E-state index is 0.307. The maximum absolute atomic E-state index is 5.59. The van der Waals surface area contributed by atoms with E-state index in [2.05, 4.69) is 38.1 Å². The fourth-order valence-corrected chi connectivity index (χ4v) is 9.76. The van der Waals surface area contributed by atoms with E-state index in [1.54, 1.807) is 37.4 Å². The zero-order chi connectivity index (χ0) is 21.0. The molecule has 0 aromatic heterocycles. The molecule has 30 heavy (non-hydrogen) atoms. The van der Waals surface area contributed by atoms with Crippen LogP contribution in [0.25, 0.3) is 0 Å². The predicted octanol–water partition coefficient (Wildman–Crippen LogP) is 8.75. The van der Waals surface area contributed by atoms with E-state index in [0.29, 0.717) is 0 Å². The minimum Gasteiger partial charge on any atom is -0.494 e. The molecule has 1 saturated carbocycles. The van der Waals surface area contributed by atoms with Gasteiger partial charge in [-0.15, -0.1) is 0 Å². The van der Waals surface area contributed by atoms with Gasteiger partial charge in [-0.2, -0.15) is 0 Å². The summed E-state index contributed by atoms with van der Waals surface area (Å²) in [6.45, 7) is 5.15. The summed E-state index contributed by atoms with van der Waals surface area (Å²) in [6.07, 6.45) is 19.3. The summed E-state index contributed by atoms with van der Waals surface area (Å²) in [7, 11) is -0.307. The van der Waals surface area contributed by atoms with E-state index in [1.807, 2.05) is 0 Å². The van der Waals surface area contributed by atoms with Crippen molar-refractivity contribution in [1.82, 2.24) is 0 Å². The molecule has 170 valence electrons. The Hall–Kier alpha value is -0.763. The van der Waals surface area contributed by atoms with E-state index < -0.39 is 0 Å². The third-order valence-corrected chi connectivity index (χ3v) is 11.7. The van der Waals surface area contributed by atoms with E-state index in [1.165, 1.54) is 69.8 Å². The number of ether oxygens (including phenoxy) is 1. The second-order valence-corrected chi connectivity index (χ2v) is 13.9. The molecule has 0 spiro atoms. The first-order valence-corrected chi connectivity index (χ1v) is 16.0. The first-order valence-electron chi connectivity index (χ1n) is 13.5. The minimum atomic E-state index is -0.307. The summed E-state index contributed by atoms with van der Waals surface area (Å²) in [5.74, 6) is 3.90. The highest BCUT2D eigenvalue weighted by molar-refractivity contribution is 6.58. The van der Waals surface area contributed by atoms with Crippen LogP contribution in [-0.2, 0) is 0 Å². The highest BCUT2D eigenvalue weighted by Crippen LogP contribution is 2.38. The zero-order valence-electron chi connectivity index (χ0n) is 20.0. The van der Waals surface area contributed by atoms with Crippen molar-refractivity contribution in [2.45, 2.75) is 121 Å². The van der Waals surface area contributed by atoms with E-state index >= 15 is 0 Å². The fourth-order valence-electron chi connectivity index (χ4n) is 6.15. The summed E-state index contributed by atoms with van der Waals surface area (Å²) in [5, 5.41) is 0. The standard InChI is InChI=1S/C28H48OSi/c1-3-5-8-21-30-22-19-25(20-23-30)10-7-6-9-24-11-13-26(14-12-24)27-15-17-28(18-16-27)29-4-2/h15-18,24-26,30H,3-14,19-23H2,1-2H3/t24-,25?,26-,30?. The quantitative estimate of drug-likeness (QED) is 0.239. The normalized spacial score (nSPS) is 27.1. The first-order chi connectivity index (χ1) is 14.8. The maximum Gasteiger partial charge on any atom is 0.119 e. The Bertz CT molecular complexity index is 553. The molecule has 2 aliphatic rings. The summed E-state index contributed by atoms with van der Waals surface area (Å²) >= 11 is 0. The van der Waals surface area contributed by atoms with Crippen molar-refractivity contribution < 1.29 is 4.74 Å². The Labute approximate surface area is 189 Å². The monoisotopic (exact) mass is 428 g/mol. The van der Waals surface area contributed by atoms with Crippen molar-refractivity contribution in [3.63, 3.8) is 0 Å². The molecular weight excluding hydrogens is 380 g/mol. The van der Waals surface area contributed by atoms with Crippen molar-refractivity contribution in [1.29, 1.82) is 0 Å². The van der Waals surface area contributed by atoms with Gasteiger partial charge in [-0.3, -0.25) is 0 Å². The van der Waals surface area contributed by atoms with Crippen LogP contribution >= 0.6 is 0 Å². The van der Waals surface area contributed by atoms with E-state index in [4.69, 9.17) is 4.74 Å². The molecule has 1 nitrogen and oxygen atoms in total. The summed E-state index contributed by atoms with van der Waals surface area (Å²) in [4.78, 5) is 0. The van der Waals surface area contributed by atoms with Gasteiger partial charge in [0.15, 0.2) is 0 Å². The van der Waals surface area contributed by atoms with Crippen LogP contribution < -0.4 is 4.74 Å². The molecule has 2 fully saturated rings. The Morgan fingerprint density at radius 3 is 2.00 bits per heavy atom. The molecule has 0 radical (unpaired) electrons. The molecule has 1 aromatic carbocycles. The lowest BCUT2D eigenvalue weighted by molar-refractivity contribution is 0.297. The molecule has 3 rings (SSSR count). The van der Waals surface area contributed by atoms with Crippen LogP contribution in [0.5, 0.6) is 5.75 Å².